The van der Waals surface area contributed by atoms with Crippen molar-refractivity contribution in [1.82, 2.24) is 15.2 Å². The van der Waals surface area contributed by atoms with Crippen LogP contribution in [0.2, 0.25) is 0 Å². The SMILES string of the molecule is CNC(=O)[C@@H]1CCCN(Cc2sc(NC(C)=O)nc2CCc2ccc(N=C(N)N)cc2)C1.Cl.Cl. The van der Waals surface area contributed by atoms with Gasteiger partial charge in [0.25, 0.3) is 0 Å². The molecule has 1 fully saturated rings. The third-order valence-corrected chi connectivity index (χ3v) is 6.39. The van der Waals surface area contributed by atoms with Crippen molar-refractivity contribution in [2.45, 2.75) is 39.2 Å². The monoisotopic (exact) mass is 529 g/mol. The van der Waals surface area contributed by atoms with Gasteiger partial charge in [0.05, 0.1) is 17.3 Å². The molecular formula is C22H33Cl2N7O2S. The number of aromatic nitrogens is 1. The summed E-state index contributed by atoms with van der Waals surface area (Å²) in [6, 6.07) is 7.76. The quantitative estimate of drug-likeness (QED) is 0.306. The molecule has 3 rings (SSSR count). The number of nitrogens with zero attached hydrogens (tertiary/aromatic N) is 3. The number of carbonyl (C=O) groups is 2. The highest BCUT2D eigenvalue weighted by molar-refractivity contribution is 7.15. The molecule has 6 N–H and O–H groups in total. The van der Waals surface area contributed by atoms with Gasteiger partial charge in [0, 0.05) is 31.9 Å². The van der Waals surface area contributed by atoms with Gasteiger partial charge in [-0.25, -0.2) is 9.98 Å². The molecule has 1 aromatic heterocycles. The van der Waals surface area contributed by atoms with Crippen molar-refractivity contribution in [3.63, 3.8) is 0 Å². The molecule has 2 amide bonds. The van der Waals surface area contributed by atoms with E-state index in [1.165, 1.54) is 18.3 Å². The van der Waals surface area contributed by atoms with E-state index >= 15 is 0 Å². The summed E-state index contributed by atoms with van der Waals surface area (Å²) in [4.78, 5) is 35.8. The number of hydrogen-bond donors (Lipinski definition) is 4. The first-order valence-electron chi connectivity index (χ1n) is 10.7. The molecule has 0 bridgehead atoms. The summed E-state index contributed by atoms with van der Waals surface area (Å²) in [5, 5.41) is 6.19. The van der Waals surface area contributed by atoms with Crippen LogP contribution in [0, 0.1) is 5.92 Å². The number of carbonyl (C=O) groups excluding carboxylic acids is 2. The molecule has 12 heteroatoms. The summed E-state index contributed by atoms with van der Waals surface area (Å²) in [6.07, 6.45) is 3.46. The molecule has 0 spiro atoms. The fraction of sp³-hybridized carbons (Fsp3) is 0.455. The van der Waals surface area contributed by atoms with Gasteiger partial charge in [0.15, 0.2) is 11.1 Å². The number of nitrogens with one attached hydrogen (secondary N) is 2. The number of likely N-dealkylation sites (tertiary alicyclic amines) is 1. The summed E-state index contributed by atoms with van der Waals surface area (Å²) >= 11 is 1.51. The maximum absolute atomic E-state index is 12.1. The lowest BCUT2D eigenvalue weighted by Crippen LogP contribution is -2.41. The molecule has 1 saturated heterocycles. The van der Waals surface area contributed by atoms with Gasteiger partial charge in [-0.3, -0.25) is 14.5 Å². The standard InChI is InChI=1S/C22H31N7O2S.2ClH/c1-14(30)26-22-28-18(10-7-15-5-8-17(9-6-15)27-21(23)24)19(32-22)13-29-11-3-4-16(12-29)20(31)25-2;;/h5-6,8-9,16H,3-4,7,10-13H2,1-2H3,(H,25,31)(H4,23,24,27)(H,26,28,30);2*1H/t16-;;/m1../s1. The Morgan fingerprint density at radius 1 is 1.21 bits per heavy atom. The minimum Gasteiger partial charge on any atom is -0.370 e. The molecule has 1 atom stereocenters. The number of halogens is 2. The van der Waals surface area contributed by atoms with Crippen LogP contribution >= 0.6 is 36.2 Å². The average Bonchev–Trinajstić information content (AvgIpc) is 3.12. The van der Waals surface area contributed by atoms with Crippen molar-refractivity contribution >= 4 is 64.7 Å². The highest BCUT2D eigenvalue weighted by atomic mass is 35.5. The van der Waals surface area contributed by atoms with Crippen LogP contribution in [0.25, 0.3) is 0 Å². The Balaban J connectivity index is 0.00000289. The summed E-state index contributed by atoms with van der Waals surface area (Å²) in [5.74, 6) is 0.0163. The molecule has 2 aromatic rings. The Morgan fingerprint density at radius 3 is 2.53 bits per heavy atom. The zero-order chi connectivity index (χ0) is 23.1. The minimum atomic E-state index is -0.134. The van der Waals surface area contributed by atoms with Crippen molar-refractivity contribution in [2.24, 2.45) is 22.4 Å². The maximum atomic E-state index is 12.1. The van der Waals surface area contributed by atoms with Gasteiger partial charge in [-0.2, -0.15) is 0 Å². The first-order valence-corrected chi connectivity index (χ1v) is 11.5. The Hall–Kier alpha value is -2.40. The summed E-state index contributed by atoms with van der Waals surface area (Å²) < 4.78 is 0. The van der Waals surface area contributed by atoms with Crippen molar-refractivity contribution in [3.05, 3.63) is 40.4 Å². The third kappa shape index (κ3) is 8.75. The number of rotatable bonds is 8. The first kappa shape index (κ1) is 29.6. The van der Waals surface area contributed by atoms with Gasteiger partial charge in [-0.05, 0) is 49.9 Å². The molecule has 9 nitrogen and oxygen atoms in total. The topological polar surface area (TPSA) is 139 Å². The van der Waals surface area contributed by atoms with E-state index in [0.717, 1.165) is 61.5 Å². The van der Waals surface area contributed by atoms with Crippen molar-refractivity contribution < 1.29 is 9.59 Å². The molecule has 1 aliphatic rings. The van der Waals surface area contributed by atoms with Crippen molar-refractivity contribution in [2.75, 3.05) is 25.5 Å². The molecule has 188 valence electrons. The highest BCUT2D eigenvalue weighted by Gasteiger charge is 2.26. The number of benzene rings is 1. The van der Waals surface area contributed by atoms with E-state index in [0.29, 0.717) is 10.8 Å². The van der Waals surface area contributed by atoms with Gasteiger partial charge in [-0.1, -0.05) is 12.1 Å². The number of aryl methyl sites for hydroxylation is 2. The number of aliphatic imine (C=N–C) groups is 1. The van der Waals surface area contributed by atoms with Crippen LogP contribution < -0.4 is 22.1 Å². The second-order valence-electron chi connectivity index (χ2n) is 7.96. The molecule has 0 radical (unpaired) electrons. The zero-order valence-electron chi connectivity index (χ0n) is 19.4. The molecule has 1 aliphatic heterocycles. The van der Waals surface area contributed by atoms with E-state index in [2.05, 4.69) is 25.5 Å². The first-order chi connectivity index (χ1) is 15.3. The lowest BCUT2D eigenvalue weighted by molar-refractivity contribution is -0.126. The smallest absolute Gasteiger partial charge is 0.224 e. The van der Waals surface area contributed by atoms with Gasteiger partial charge in [-0.15, -0.1) is 36.2 Å². The summed E-state index contributed by atoms with van der Waals surface area (Å²) in [6.45, 7) is 3.90. The third-order valence-electron chi connectivity index (χ3n) is 5.40. The number of piperidine rings is 1. The summed E-state index contributed by atoms with van der Waals surface area (Å²) in [7, 11) is 1.69. The van der Waals surface area contributed by atoms with Crippen LogP contribution in [0.4, 0.5) is 10.8 Å². The van der Waals surface area contributed by atoms with Crippen LogP contribution in [0.3, 0.4) is 0 Å². The molecule has 0 aliphatic carbocycles. The predicted octanol–water partition coefficient (Wildman–Crippen LogP) is 2.59. The zero-order valence-corrected chi connectivity index (χ0v) is 21.8. The Labute approximate surface area is 216 Å². The largest absolute Gasteiger partial charge is 0.370 e. The molecule has 1 aromatic carbocycles. The van der Waals surface area contributed by atoms with E-state index in [-0.39, 0.29) is 48.5 Å². The second-order valence-corrected chi connectivity index (χ2v) is 9.05. The molecule has 2 heterocycles. The average molecular weight is 531 g/mol. The van der Waals surface area contributed by atoms with E-state index in [4.69, 9.17) is 11.5 Å². The van der Waals surface area contributed by atoms with E-state index < -0.39 is 0 Å². The Kier molecular flexibility index (Phi) is 12.3. The Morgan fingerprint density at radius 2 is 1.91 bits per heavy atom. The fourth-order valence-electron chi connectivity index (χ4n) is 3.88. The van der Waals surface area contributed by atoms with Crippen LogP contribution in [0.5, 0.6) is 0 Å². The number of nitrogens with two attached hydrogens (primary N) is 2. The number of guanidine groups is 1. The van der Waals surface area contributed by atoms with Gasteiger partial charge in [0.1, 0.15) is 0 Å². The maximum Gasteiger partial charge on any atom is 0.224 e. The van der Waals surface area contributed by atoms with E-state index in [1.807, 2.05) is 24.3 Å². The second kappa shape index (κ2) is 14.1. The highest BCUT2D eigenvalue weighted by Crippen LogP contribution is 2.28. The van der Waals surface area contributed by atoms with Crippen LogP contribution in [-0.4, -0.2) is 47.8 Å². The minimum absolute atomic E-state index is 0. The molecule has 0 saturated carbocycles. The van der Waals surface area contributed by atoms with Gasteiger partial charge in [0.2, 0.25) is 11.8 Å². The molecule has 34 heavy (non-hydrogen) atoms. The number of anilines is 1. The summed E-state index contributed by atoms with van der Waals surface area (Å²) in [5.41, 5.74) is 13.7. The lowest BCUT2D eigenvalue weighted by Gasteiger charge is -2.31. The van der Waals surface area contributed by atoms with Crippen LogP contribution in [-0.2, 0) is 29.0 Å². The van der Waals surface area contributed by atoms with Crippen LogP contribution in [0.15, 0.2) is 29.3 Å². The fourth-order valence-corrected chi connectivity index (χ4v) is 4.97. The number of thiazole rings is 1. The molecule has 0 unspecified atom stereocenters. The van der Waals surface area contributed by atoms with Gasteiger partial charge < -0.3 is 22.1 Å². The van der Waals surface area contributed by atoms with E-state index in [1.54, 1.807) is 7.05 Å². The van der Waals surface area contributed by atoms with Crippen molar-refractivity contribution in [1.29, 1.82) is 0 Å². The number of amides is 2. The number of hydrogen-bond acceptors (Lipinski definition) is 6. The van der Waals surface area contributed by atoms with Crippen LogP contribution in [0.1, 0.15) is 35.9 Å². The van der Waals surface area contributed by atoms with Crippen molar-refractivity contribution in [3.8, 4) is 0 Å². The normalized spacial score (nSPS) is 15.4. The predicted molar refractivity (Wildman–Crippen MR) is 142 cm³/mol. The molecular weight excluding hydrogens is 497 g/mol. The Bertz CT molecular complexity index is 978. The van der Waals surface area contributed by atoms with Gasteiger partial charge >= 0.3 is 0 Å². The lowest BCUT2D eigenvalue weighted by atomic mass is 9.97. The van der Waals surface area contributed by atoms with E-state index in [9.17, 15) is 9.59 Å².